The number of piperidine rings is 2. The monoisotopic (exact) mass is 267 g/mol. The Bertz CT molecular complexity index is 298. The van der Waals surface area contributed by atoms with Gasteiger partial charge in [0, 0.05) is 31.1 Å². The number of amides is 1. The predicted molar refractivity (Wildman–Crippen MR) is 78.1 cm³/mol. The highest BCUT2D eigenvalue weighted by atomic mass is 16.2. The Morgan fingerprint density at radius 3 is 2.42 bits per heavy atom. The van der Waals surface area contributed by atoms with Crippen molar-refractivity contribution in [2.45, 2.75) is 51.6 Å². The molecule has 0 aromatic rings. The van der Waals surface area contributed by atoms with Crippen LogP contribution in [0.1, 0.15) is 39.5 Å². The second-order valence-electron chi connectivity index (χ2n) is 6.32. The highest BCUT2D eigenvalue weighted by Gasteiger charge is 2.31. The van der Waals surface area contributed by atoms with Gasteiger partial charge in [0.05, 0.1) is 0 Å². The molecule has 0 bridgehead atoms. The van der Waals surface area contributed by atoms with Crippen molar-refractivity contribution in [2.75, 3.05) is 33.2 Å². The van der Waals surface area contributed by atoms with E-state index in [2.05, 4.69) is 29.0 Å². The minimum atomic E-state index is 0.269. The largest absolute Gasteiger partial charge is 0.341 e. The Kier molecular flexibility index (Phi) is 5.22. The van der Waals surface area contributed by atoms with Crippen molar-refractivity contribution in [1.82, 2.24) is 15.1 Å². The molecule has 2 aliphatic rings. The molecule has 2 saturated heterocycles. The average molecular weight is 267 g/mol. The maximum atomic E-state index is 12.6. The Balaban J connectivity index is 1.83. The fourth-order valence-corrected chi connectivity index (χ4v) is 3.33. The van der Waals surface area contributed by atoms with E-state index in [0.29, 0.717) is 18.0 Å². The number of carbonyl (C=O) groups is 1. The molecule has 0 aliphatic carbocycles. The van der Waals surface area contributed by atoms with Gasteiger partial charge in [-0.2, -0.15) is 0 Å². The number of likely N-dealkylation sites (N-methyl/N-ethyl adjacent to an activating group) is 1. The number of nitrogens with one attached hydrogen (secondary N) is 1. The summed E-state index contributed by atoms with van der Waals surface area (Å²) in [5.74, 6) is 0.675. The Morgan fingerprint density at radius 2 is 1.84 bits per heavy atom. The summed E-state index contributed by atoms with van der Waals surface area (Å²) in [5.41, 5.74) is 0. The summed E-state index contributed by atoms with van der Waals surface area (Å²) in [6.45, 7) is 8.50. The fourth-order valence-electron chi connectivity index (χ4n) is 3.33. The molecule has 2 fully saturated rings. The van der Waals surface area contributed by atoms with Crippen LogP contribution in [0.3, 0.4) is 0 Å². The van der Waals surface area contributed by atoms with E-state index in [0.717, 1.165) is 45.4 Å². The molecule has 1 unspecified atom stereocenters. The van der Waals surface area contributed by atoms with E-state index < -0.39 is 0 Å². The molecule has 0 saturated carbocycles. The van der Waals surface area contributed by atoms with Crippen molar-refractivity contribution >= 4 is 5.91 Å². The van der Waals surface area contributed by atoms with Gasteiger partial charge in [-0.15, -0.1) is 0 Å². The van der Waals surface area contributed by atoms with Gasteiger partial charge < -0.3 is 15.1 Å². The van der Waals surface area contributed by atoms with Gasteiger partial charge in [-0.25, -0.2) is 0 Å². The average Bonchev–Trinajstić information content (AvgIpc) is 2.46. The first kappa shape index (κ1) is 14.8. The summed E-state index contributed by atoms with van der Waals surface area (Å²) in [6.07, 6.45) is 4.42. The smallest absolute Gasteiger partial charge is 0.225 e. The Labute approximate surface area is 117 Å². The lowest BCUT2D eigenvalue weighted by Gasteiger charge is -2.38. The Morgan fingerprint density at radius 1 is 1.16 bits per heavy atom. The van der Waals surface area contributed by atoms with Crippen molar-refractivity contribution in [2.24, 2.45) is 5.92 Å². The summed E-state index contributed by atoms with van der Waals surface area (Å²) < 4.78 is 0. The van der Waals surface area contributed by atoms with Crippen LogP contribution in [0.5, 0.6) is 0 Å². The third-order valence-electron chi connectivity index (χ3n) is 4.75. The highest BCUT2D eigenvalue weighted by molar-refractivity contribution is 5.79. The van der Waals surface area contributed by atoms with Crippen molar-refractivity contribution in [3.8, 4) is 0 Å². The second kappa shape index (κ2) is 6.71. The van der Waals surface area contributed by atoms with Gasteiger partial charge in [-0.3, -0.25) is 4.79 Å². The first-order chi connectivity index (χ1) is 9.11. The van der Waals surface area contributed by atoms with Gasteiger partial charge in [0.1, 0.15) is 0 Å². The third-order valence-corrected chi connectivity index (χ3v) is 4.75. The molecule has 0 aromatic heterocycles. The molecule has 2 rings (SSSR count). The van der Waals surface area contributed by atoms with Crippen molar-refractivity contribution in [1.29, 1.82) is 0 Å². The predicted octanol–water partition coefficient (Wildman–Crippen LogP) is 1.32. The first-order valence-corrected chi connectivity index (χ1v) is 7.82. The van der Waals surface area contributed by atoms with E-state index in [9.17, 15) is 4.79 Å². The number of hydrogen-bond acceptors (Lipinski definition) is 3. The van der Waals surface area contributed by atoms with E-state index in [1.165, 1.54) is 6.42 Å². The topological polar surface area (TPSA) is 35.6 Å². The zero-order valence-electron chi connectivity index (χ0n) is 12.7. The van der Waals surface area contributed by atoms with E-state index in [1.54, 1.807) is 0 Å². The van der Waals surface area contributed by atoms with Gasteiger partial charge in [0.25, 0.3) is 0 Å². The summed E-state index contributed by atoms with van der Waals surface area (Å²) in [7, 11) is 2.00. The minimum absolute atomic E-state index is 0.269. The molecule has 1 atom stereocenters. The SMILES string of the molecule is CNC1CCCN(C(=O)C2CCN(C(C)C)CC2)C1. The summed E-state index contributed by atoms with van der Waals surface area (Å²) in [4.78, 5) is 17.2. The molecule has 4 heteroatoms. The van der Waals surface area contributed by atoms with Crippen LogP contribution in [0.15, 0.2) is 0 Å². The molecular formula is C15H29N3O. The number of hydrogen-bond donors (Lipinski definition) is 1. The maximum Gasteiger partial charge on any atom is 0.225 e. The van der Waals surface area contributed by atoms with Gasteiger partial charge in [0.15, 0.2) is 0 Å². The van der Waals surface area contributed by atoms with E-state index in [1.807, 2.05) is 7.05 Å². The minimum Gasteiger partial charge on any atom is -0.341 e. The van der Waals surface area contributed by atoms with Crippen LogP contribution in [0.4, 0.5) is 0 Å². The molecule has 4 nitrogen and oxygen atoms in total. The van der Waals surface area contributed by atoms with Crippen molar-refractivity contribution < 1.29 is 4.79 Å². The molecule has 19 heavy (non-hydrogen) atoms. The normalized spacial score (nSPS) is 26.9. The van der Waals surface area contributed by atoms with Gasteiger partial charge in [-0.1, -0.05) is 0 Å². The molecule has 0 aromatic carbocycles. The molecular weight excluding hydrogens is 238 g/mol. The second-order valence-corrected chi connectivity index (χ2v) is 6.32. The van der Waals surface area contributed by atoms with Gasteiger partial charge in [-0.05, 0) is 59.7 Å². The lowest BCUT2D eigenvalue weighted by molar-refractivity contribution is -0.138. The zero-order chi connectivity index (χ0) is 13.8. The lowest BCUT2D eigenvalue weighted by Crippen LogP contribution is -2.50. The Hall–Kier alpha value is -0.610. The number of nitrogens with zero attached hydrogens (tertiary/aromatic N) is 2. The first-order valence-electron chi connectivity index (χ1n) is 7.82. The van der Waals surface area contributed by atoms with Crippen LogP contribution < -0.4 is 5.32 Å². The van der Waals surface area contributed by atoms with E-state index in [4.69, 9.17) is 0 Å². The third kappa shape index (κ3) is 3.69. The molecule has 0 spiro atoms. The van der Waals surface area contributed by atoms with Gasteiger partial charge >= 0.3 is 0 Å². The number of likely N-dealkylation sites (tertiary alicyclic amines) is 2. The summed E-state index contributed by atoms with van der Waals surface area (Å²) >= 11 is 0. The molecule has 110 valence electrons. The van der Waals surface area contributed by atoms with Crippen molar-refractivity contribution in [3.63, 3.8) is 0 Å². The number of carbonyl (C=O) groups excluding carboxylic acids is 1. The van der Waals surface area contributed by atoms with E-state index >= 15 is 0 Å². The van der Waals surface area contributed by atoms with Crippen LogP contribution in [0.25, 0.3) is 0 Å². The fraction of sp³-hybridized carbons (Fsp3) is 0.933. The quantitative estimate of drug-likeness (QED) is 0.837. The molecule has 2 heterocycles. The summed E-state index contributed by atoms with van der Waals surface area (Å²) in [5, 5.41) is 3.31. The van der Waals surface area contributed by atoms with Crippen LogP contribution in [-0.2, 0) is 4.79 Å². The van der Waals surface area contributed by atoms with Gasteiger partial charge in [0.2, 0.25) is 5.91 Å². The standard InChI is InChI=1S/C15H29N3O/c1-12(2)17-9-6-13(7-10-17)15(19)18-8-4-5-14(11-18)16-3/h12-14,16H,4-11H2,1-3H3. The number of rotatable bonds is 3. The van der Waals surface area contributed by atoms with Crippen LogP contribution in [-0.4, -0.2) is 61.0 Å². The molecule has 1 amide bonds. The zero-order valence-corrected chi connectivity index (χ0v) is 12.7. The maximum absolute atomic E-state index is 12.6. The van der Waals surface area contributed by atoms with Crippen LogP contribution >= 0.6 is 0 Å². The molecule has 2 aliphatic heterocycles. The highest BCUT2D eigenvalue weighted by Crippen LogP contribution is 2.22. The van der Waals surface area contributed by atoms with Crippen molar-refractivity contribution in [3.05, 3.63) is 0 Å². The van der Waals surface area contributed by atoms with Crippen LogP contribution in [0.2, 0.25) is 0 Å². The molecule has 1 N–H and O–H groups in total. The molecule has 0 radical (unpaired) electrons. The summed E-state index contributed by atoms with van der Waals surface area (Å²) in [6, 6.07) is 1.10. The van der Waals surface area contributed by atoms with E-state index in [-0.39, 0.29) is 5.92 Å². The van der Waals surface area contributed by atoms with Crippen LogP contribution in [0, 0.1) is 5.92 Å². The lowest BCUT2D eigenvalue weighted by atomic mass is 9.93.